The molecular formula is C11H16N2O3. The third-order valence-corrected chi connectivity index (χ3v) is 2.13. The first kappa shape index (κ1) is 12.3. The molecule has 0 radical (unpaired) electrons. The summed E-state index contributed by atoms with van der Waals surface area (Å²) in [5.41, 5.74) is 6.15. The molecule has 0 heterocycles. The summed E-state index contributed by atoms with van der Waals surface area (Å²) in [6.07, 6.45) is 0. The number of aliphatic hydroxyl groups excluding tert-OH is 1. The number of hydrogen-bond donors (Lipinski definition) is 2. The first-order valence-corrected chi connectivity index (χ1v) is 4.97. The molecule has 0 atom stereocenters. The van der Waals surface area contributed by atoms with E-state index in [4.69, 9.17) is 15.6 Å². The summed E-state index contributed by atoms with van der Waals surface area (Å²) < 4.78 is 5.27. The fourth-order valence-electron chi connectivity index (χ4n) is 1.14. The molecule has 0 spiro atoms. The molecule has 0 saturated heterocycles. The summed E-state index contributed by atoms with van der Waals surface area (Å²) in [6.45, 7) is 0.160. The minimum absolute atomic E-state index is 0.0598. The number of para-hydroxylation sites is 2. The number of nitrogens with zero attached hydrogens (tertiary/aromatic N) is 1. The number of amides is 1. The Balaban J connectivity index is 2.46. The number of nitrogen functional groups attached to an aromatic ring is 1. The predicted molar refractivity (Wildman–Crippen MR) is 61.1 cm³/mol. The second-order valence-corrected chi connectivity index (χ2v) is 3.37. The minimum Gasteiger partial charge on any atom is -0.482 e. The van der Waals surface area contributed by atoms with Crippen LogP contribution in [-0.4, -0.2) is 42.7 Å². The molecule has 1 amide bonds. The fourth-order valence-corrected chi connectivity index (χ4v) is 1.14. The van der Waals surface area contributed by atoms with Gasteiger partial charge < -0.3 is 20.5 Å². The highest BCUT2D eigenvalue weighted by Gasteiger charge is 2.09. The quantitative estimate of drug-likeness (QED) is 0.695. The Morgan fingerprint density at radius 2 is 2.19 bits per heavy atom. The van der Waals surface area contributed by atoms with Gasteiger partial charge in [0.25, 0.3) is 5.91 Å². The van der Waals surface area contributed by atoms with Gasteiger partial charge in [-0.15, -0.1) is 0 Å². The number of aliphatic hydroxyl groups is 1. The maximum atomic E-state index is 11.5. The number of carbonyl (C=O) groups excluding carboxylic acids is 1. The Labute approximate surface area is 94.4 Å². The predicted octanol–water partition coefficient (Wildman–Crippen LogP) is 0.0983. The highest BCUT2D eigenvalue weighted by atomic mass is 16.5. The summed E-state index contributed by atoms with van der Waals surface area (Å²) in [5.74, 6) is 0.297. The van der Waals surface area contributed by atoms with Crippen molar-refractivity contribution < 1.29 is 14.6 Å². The Morgan fingerprint density at radius 1 is 1.50 bits per heavy atom. The van der Waals surface area contributed by atoms with E-state index in [1.807, 2.05) is 0 Å². The maximum absolute atomic E-state index is 11.5. The van der Waals surface area contributed by atoms with E-state index in [1.54, 1.807) is 31.3 Å². The summed E-state index contributed by atoms with van der Waals surface area (Å²) in [7, 11) is 1.61. The summed E-state index contributed by atoms with van der Waals surface area (Å²) in [6, 6.07) is 6.99. The number of carbonyl (C=O) groups is 1. The topological polar surface area (TPSA) is 75.8 Å². The van der Waals surface area contributed by atoms with Gasteiger partial charge in [0.1, 0.15) is 5.75 Å². The third kappa shape index (κ3) is 3.43. The van der Waals surface area contributed by atoms with Gasteiger partial charge in [-0.05, 0) is 12.1 Å². The summed E-state index contributed by atoms with van der Waals surface area (Å²) in [5, 5.41) is 8.66. The van der Waals surface area contributed by atoms with Crippen LogP contribution in [0.15, 0.2) is 24.3 Å². The molecule has 88 valence electrons. The van der Waals surface area contributed by atoms with Crippen molar-refractivity contribution in [3.63, 3.8) is 0 Å². The highest BCUT2D eigenvalue weighted by molar-refractivity contribution is 5.77. The van der Waals surface area contributed by atoms with Crippen LogP contribution in [0.5, 0.6) is 5.75 Å². The molecule has 1 aromatic carbocycles. The standard InChI is InChI=1S/C11H16N2O3/c1-13(6-7-14)11(15)8-16-10-5-3-2-4-9(10)12/h2-5,14H,6-8,12H2,1H3. The fraction of sp³-hybridized carbons (Fsp3) is 0.364. The van der Waals surface area contributed by atoms with Gasteiger partial charge in [-0.3, -0.25) is 4.79 Å². The average molecular weight is 224 g/mol. The number of hydrogen-bond acceptors (Lipinski definition) is 4. The molecule has 0 bridgehead atoms. The number of benzene rings is 1. The second-order valence-electron chi connectivity index (χ2n) is 3.37. The Hall–Kier alpha value is -1.75. The van der Waals surface area contributed by atoms with Crippen LogP contribution >= 0.6 is 0 Å². The number of anilines is 1. The van der Waals surface area contributed by atoms with E-state index in [0.29, 0.717) is 18.0 Å². The van der Waals surface area contributed by atoms with E-state index in [-0.39, 0.29) is 19.1 Å². The molecular weight excluding hydrogens is 208 g/mol. The van der Waals surface area contributed by atoms with Crippen molar-refractivity contribution in [3.8, 4) is 5.75 Å². The minimum atomic E-state index is -0.197. The lowest BCUT2D eigenvalue weighted by Gasteiger charge is -2.16. The SMILES string of the molecule is CN(CCO)C(=O)COc1ccccc1N. The van der Waals surface area contributed by atoms with E-state index in [9.17, 15) is 4.79 Å². The van der Waals surface area contributed by atoms with Crippen LogP contribution in [0.4, 0.5) is 5.69 Å². The van der Waals surface area contributed by atoms with E-state index in [0.717, 1.165) is 0 Å². The first-order valence-electron chi connectivity index (χ1n) is 4.97. The number of rotatable bonds is 5. The van der Waals surface area contributed by atoms with Crippen molar-refractivity contribution >= 4 is 11.6 Å². The van der Waals surface area contributed by atoms with Crippen molar-refractivity contribution in [3.05, 3.63) is 24.3 Å². The van der Waals surface area contributed by atoms with Crippen LogP contribution in [0.3, 0.4) is 0 Å². The molecule has 1 rings (SSSR count). The van der Waals surface area contributed by atoms with E-state index in [1.165, 1.54) is 4.90 Å². The van der Waals surface area contributed by atoms with Crippen molar-refractivity contribution in [1.29, 1.82) is 0 Å². The molecule has 1 aromatic rings. The molecule has 3 N–H and O–H groups in total. The van der Waals surface area contributed by atoms with E-state index < -0.39 is 0 Å². The van der Waals surface area contributed by atoms with Crippen molar-refractivity contribution in [2.75, 3.05) is 32.5 Å². The molecule has 5 nitrogen and oxygen atoms in total. The Kier molecular flexibility index (Phi) is 4.60. The first-order chi connectivity index (χ1) is 7.65. The van der Waals surface area contributed by atoms with Crippen LogP contribution in [0, 0.1) is 0 Å². The molecule has 16 heavy (non-hydrogen) atoms. The third-order valence-electron chi connectivity index (χ3n) is 2.13. The number of ether oxygens (including phenoxy) is 1. The van der Waals surface area contributed by atoms with E-state index in [2.05, 4.69) is 0 Å². The molecule has 5 heteroatoms. The van der Waals surface area contributed by atoms with Crippen molar-refractivity contribution in [1.82, 2.24) is 4.90 Å². The second kappa shape index (κ2) is 5.97. The zero-order valence-electron chi connectivity index (χ0n) is 9.22. The number of likely N-dealkylation sites (N-methyl/N-ethyl adjacent to an activating group) is 1. The Morgan fingerprint density at radius 3 is 2.81 bits per heavy atom. The molecule has 0 aliphatic carbocycles. The zero-order chi connectivity index (χ0) is 12.0. The lowest BCUT2D eigenvalue weighted by molar-refractivity contribution is -0.132. The van der Waals surface area contributed by atoms with E-state index >= 15 is 0 Å². The smallest absolute Gasteiger partial charge is 0.260 e. The summed E-state index contributed by atoms with van der Waals surface area (Å²) >= 11 is 0. The normalized spacial score (nSPS) is 9.88. The van der Waals surface area contributed by atoms with Crippen molar-refractivity contribution in [2.24, 2.45) is 0 Å². The van der Waals surface area contributed by atoms with Gasteiger partial charge in [-0.25, -0.2) is 0 Å². The van der Waals surface area contributed by atoms with Crippen LogP contribution in [0.1, 0.15) is 0 Å². The van der Waals surface area contributed by atoms with Crippen LogP contribution < -0.4 is 10.5 Å². The monoisotopic (exact) mass is 224 g/mol. The van der Waals surface area contributed by atoms with Crippen LogP contribution in [0.25, 0.3) is 0 Å². The van der Waals surface area contributed by atoms with Gasteiger partial charge in [-0.2, -0.15) is 0 Å². The van der Waals surface area contributed by atoms with Gasteiger partial charge in [0.15, 0.2) is 6.61 Å². The van der Waals surface area contributed by atoms with Gasteiger partial charge in [0, 0.05) is 13.6 Å². The molecule has 0 aromatic heterocycles. The average Bonchev–Trinajstić information content (AvgIpc) is 2.28. The van der Waals surface area contributed by atoms with Gasteiger partial charge >= 0.3 is 0 Å². The van der Waals surface area contributed by atoms with Gasteiger partial charge in [0.2, 0.25) is 0 Å². The molecule has 0 aliphatic rings. The maximum Gasteiger partial charge on any atom is 0.260 e. The van der Waals surface area contributed by atoms with Gasteiger partial charge in [0.05, 0.1) is 12.3 Å². The van der Waals surface area contributed by atoms with Crippen LogP contribution in [0.2, 0.25) is 0 Å². The van der Waals surface area contributed by atoms with Gasteiger partial charge in [-0.1, -0.05) is 12.1 Å². The summed E-state index contributed by atoms with van der Waals surface area (Å²) in [4.78, 5) is 12.9. The lowest BCUT2D eigenvalue weighted by atomic mass is 10.3. The molecule has 0 unspecified atom stereocenters. The number of nitrogens with two attached hydrogens (primary N) is 1. The largest absolute Gasteiger partial charge is 0.482 e. The molecule has 0 fully saturated rings. The molecule has 0 aliphatic heterocycles. The van der Waals surface area contributed by atoms with Crippen molar-refractivity contribution in [2.45, 2.75) is 0 Å². The Bertz CT molecular complexity index is 355. The highest BCUT2D eigenvalue weighted by Crippen LogP contribution is 2.19. The van der Waals surface area contributed by atoms with Crippen LogP contribution in [-0.2, 0) is 4.79 Å². The lowest BCUT2D eigenvalue weighted by Crippen LogP contribution is -2.33. The molecule has 0 saturated carbocycles. The zero-order valence-corrected chi connectivity index (χ0v) is 9.22.